The standard InChI is InChI=1S/C24H30O6/c1-17(2)23(25)29-15-13-27-21-9-5-19(6-10-21)20-7-11-22(12-8-20)28-14-16-30-24(26)18(3)4/h5,7-9,11-12,18H,1,6,10,13-16H2,2-4H3. The molecule has 162 valence electrons. The Kier molecular flexibility index (Phi) is 9.19. The first kappa shape index (κ1) is 23.3. The fourth-order valence-corrected chi connectivity index (χ4v) is 2.64. The van der Waals surface area contributed by atoms with Gasteiger partial charge in [0.2, 0.25) is 0 Å². The summed E-state index contributed by atoms with van der Waals surface area (Å²) in [7, 11) is 0. The van der Waals surface area contributed by atoms with Crippen LogP contribution in [0.15, 0.2) is 54.3 Å². The van der Waals surface area contributed by atoms with Crippen LogP contribution in [-0.2, 0) is 23.8 Å². The van der Waals surface area contributed by atoms with E-state index >= 15 is 0 Å². The van der Waals surface area contributed by atoms with E-state index in [1.807, 2.05) is 36.4 Å². The molecule has 0 aromatic heterocycles. The van der Waals surface area contributed by atoms with E-state index in [1.165, 1.54) is 5.57 Å². The van der Waals surface area contributed by atoms with Crippen LogP contribution in [0.25, 0.3) is 5.57 Å². The van der Waals surface area contributed by atoms with E-state index in [-0.39, 0.29) is 25.1 Å². The molecule has 0 saturated carbocycles. The van der Waals surface area contributed by atoms with E-state index in [2.05, 4.69) is 6.58 Å². The van der Waals surface area contributed by atoms with Gasteiger partial charge in [0.25, 0.3) is 0 Å². The van der Waals surface area contributed by atoms with Gasteiger partial charge in [-0.3, -0.25) is 4.79 Å². The van der Waals surface area contributed by atoms with Gasteiger partial charge < -0.3 is 18.9 Å². The average Bonchev–Trinajstić information content (AvgIpc) is 2.74. The maximum absolute atomic E-state index is 11.4. The third kappa shape index (κ3) is 7.78. The first-order chi connectivity index (χ1) is 14.4. The zero-order valence-electron chi connectivity index (χ0n) is 17.9. The average molecular weight is 414 g/mol. The molecular formula is C24H30O6. The van der Waals surface area contributed by atoms with Gasteiger partial charge in [0.15, 0.2) is 0 Å². The number of ether oxygens (including phenoxy) is 4. The second kappa shape index (κ2) is 11.9. The zero-order chi connectivity index (χ0) is 21.9. The van der Waals surface area contributed by atoms with E-state index in [0.717, 1.165) is 29.9 Å². The Morgan fingerprint density at radius 1 is 0.933 bits per heavy atom. The van der Waals surface area contributed by atoms with Gasteiger partial charge in [0.05, 0.1) is 11.7 Å². The maximum atomic E-state index is 11.4. The Labute approximate surface area is 178 Å². The predicted molar refractivity (Wildman–Crippen MR) is 115 cm³/mol. The number of carbonyl (C=O) groups excluding carboxylic acids is 2. The largest absolute Gasteiger partial charge is 0.494 e. The van der Waals surface area contributed by atoms with Crippen molar-refractivity contribution >= 4 is 17.5 Å². The third-order valence-corrected chi connectivity index (χ3v) is 4.36. The van der Waals surface area contributed by atoms with Crippen LogP contribution in [0.4, 0.5) is 0 Å². The quantitative estimate of drug-likeness (QED) is 0.302. The van der Waals surface area contributed by atoms with Crippen LogP contribution in [0, 0.1) is 5.92 Å². The van der Waals surface area contributed by atoms with Crippen molar-refractivity contribution in [2.24, 2.45) is 5.92 Å². The summed E-state index contributed by atoms with van der Waals surface area (Å²) in [5.41, 5.74) is 2.72. The molecule has 0 fully saturated rings. The topological polar surface area (TPSA) is 71.1 Å². The SMILES string of the molecule is C=C(C)C(=O)OCCOC1=CC=C(c2ccc(OCCOC(=O)C(C)C)cc2)CC1. The Hall–Kier alpha value is -3.02. The minimum Gasteiger partial charge on any atom is -0.494 e. The summed E-state index contributed by atoms with van der Waals surface area (Å²) in [6.45, 7) is 9.85. The molecule has 0 radical (unpaired) electrons. The molecule has 2 rings (SSSR count). The molecule has 0 atom stereocenters. The first-order valence-electron chi connectivity index (χ1n) is 10.1. The van der Waals surface area contributed by atoms with Crippen molar-refractivity contribution in [2.75, 3.05) is 26.4 Å². The van der Waals surface area contributed by atoms with E-state index < -0.39 is 5.97 Å². The molecule has 0 heterocycles. The monoisotopic (exact) mass is 414 g/mol. The van der Waals surface area contributed by atoms with Crippen LogP contribution >= 0.6 is 0 Å². The molecule has 30 heavy (non-hydrogen) atoms. The second-order valence-electron chi connectivity index (χ2n) is 7.28. The Morgan fingerprint density at radius 3 is 2.20 bits per heavy atom. The van der Waals surface area contributed by atoms with Gasteiger partial charge in [0.1, 0.15) is 32.2 Å². The van der Waals surface area contributed by atoms with Gasteiger partial charge in [0, 0.05) is 12.0 Å². The zero-order valence-corrected chi connectivity index (χ0v) is 17.9. The molecule has 1 aliphatic rings. The maximum Gasteiger partial charge on any atom is 0.333 e. The van der Waals surface area contributed by atoms with Crippen molar-refractivity contribution < 1.29 is 28.5 Å². The van der Waals surface area contributed by atoms with Crippen molar-refractivity contribution in [3.8, 4) is 5.75 Å². The lowest BCUT2D eigenvalue weighted by atomic mass is 9.96. The summed E-state index contributed by atoms with van der Waals surface area (Å²) in [5, 5.41) is 0. The number of hydrogen-bond acceptors (Lipinski definition) is 6. The fourth-order valence-electron chi connectivity index (χ4n) is 2.64. The van der Waals surface area contributed by atoms with E-state index in [0.29, 0.717) is 18.8 Å². The lowest BCUT2D eigenvalue weighted by Crippen LogP contribution is -2.16. The fraction of sp³-hybridized carbons (Fsp3) is 0.417. The molecule has 0 aliphatic heterocycles. The van der Waals surface area contributed by atoms with Crippen LogP contribution in [0.3, 0.4) is 0 Å². The van der Waals surface area contributed by atoms with E-state index in [4.69, 9.17) is 18.9 Å². The summed E-state index contributed by atoms with van der Waals surface area (Å²) in [5.74, 6) is 0.859. The van der Waals surface area contributed by atoms with Crippen LogP contribution in [-0.4, -0.2) is 38.4 Å². The Bertz CT molecular complexity index is 801. The van der Waals surface area contributed by atoms with Gasteiger partial charge in [-0.1, -0.05) is 38.6 Å². The number of hydrogen-bond donors (Lipinski definition) is 0. The highest BCUT2D eigenvalue weighted by molar-refractivity contribution is 5.86. The van der Waals surface area contributed by atoms with E-state index in [1.54, 1.807) is 20.8 Å². The minimum atomic E-state index is -0.401. The highest BCUT2D eigenvalue weighted by Gasteiger charge is 2.11. The molecule has 0 saturated heterocycles. The number of esters is 2. The second-order valence-corrected chi connectivity index (χ2v) is 7.28. The highest BCUT2D eigenvalue weighted by atomic mass is 16.6. The number of rotatable bonds is 11. The molecule has 6 nitrogen and oxygen atoms in total. The molecule has 1 aliphatic carbocycles. The van der Waals surface area contributed by atoms with Crippen LogP contribution < -0.4 is 4.74 Å². The van der Waals surface area contributed by atoms with Gasteiger partial charge in [-0.05, 0) is 42.7 Å². The molecule has 0 amide bonds. The van der Waals surface area contributed by atoms with Crippen LogP contribution in [0.2, 0.25) is 0 Å². The highest BCUT2D eigenvalue weighted by Crippen LogP contribution is 2.28. The van der Waals surface area contributed by atoms with E-state index in [9.17, 15) is 9.59 Å². The van der Waals surface area contributed by atoms with Crippen molar-refractivity contribution in [1.82, 2.24) is 0 Å². The molecule has 0 N–H and O–H groups in total. The minimum absolute atomic E-state index is 0.132. The van der Waals surface area contributed by atoms with Crippen molar-refractivity contribution in [3.63, 3.8) is 0 Å². The van der Waals surface area contributed by atoms with Crippen molar-refractivity contribution in [2.45, 2.75) is 33.6 Å². The van der Waals surface area contributed by atoms with Gasteiger partial charge >= 0.3 is 11.9 Å². The van der Waals surface area contributed by atoms with Crippen LogP contribution in [0.5, 0.6) is 5.75 Å². The number of allylic oxidation sites excluding steroid dienone is 4. The molecule has 6 heteroatoms. The Morgan fingerprint density at radius 2 is 1.60 bits per heavy atom. The molecular weight excluding hydrogens is 384 g/mol. The lowest BCUT2D eigenvalue weighted by Gasteiger charge is -2.16. The molecule has 1 aromatic carbocycles. The molecule has 0 spiro atoms. The number of benzene rings is 1. The lowest BCUT2D eigenvalue weighted by molar-refractivity contribution is -0.148. The summed E-state index contributed by atoms with van der Waals surface area (Å²) >= 11 is 0. The summed E-state index contributed by atoms with van der Waals surface area (Å²) in [4.78, 5) is 22.7. The first-order valence-corrected chi connectivity index (χ1v) is 10.1. The van der Waals surface area contributed by atoms with Crippen molar-refractivity contribution in [1.29, 1.82) is 0 Å². The van der Waals surface area contributed by atoms with Gasteiger partial charge in [-0.2, -0.15) is 0 Å². The third-order valence-electron chi connectivity index (χ3n) is 4.36. The summed E-state index contributed by atoms with van der Waals surface area (Å²) < 4.78 is 21.4. The van der Waals surface area contributed by atoms with Gasteiger partial charge in [-0.15, -0.1) is 0 Å². The smallest absolute Gasteiger partial charge is 0.333 e. The van der Waals surface area contributed by atoms with Crippen LogP contribution in [0.1, 0.15) is 39.2 Å². The molecule has 0 unspecified atom stereocenters. The summed E-state index contributed by atoms with van der Waals surface area (Å²) in [6.07, 6.45) is 5.65. The summed E-state index contributed by atoms with van der Waals surface area (Å²) in [6, 6.07) is 7.84. The molecule has 1 aromatic rings. The van der Waals surface area contributed by atoms with Gasteiger partial charge in [-0.25, -0.2) is 4.79 Å². The molecule has 0 bridgehead atoms. The predicted octanol–water partition coefficient (Wildman–Crippen LogP) is 4.46. The van der Waals surface area contributed by atoms with Crippen molar-refractivity contribution in [3.05, 3.63) is 59.9 Å². The Balaban J connectivity index is 1.75. The number of carbonyl (C=O) groups is 2. The normalized spacial score (nSPS) is 13.2.